The lowest BCUT2D eigenvalue weighted by Gasteiger charge is -2.31. The zero-order chi connectivity index (χ0) is 9.80. The van der Waals surface area contributed by atoms with Gasteiger partial charge in [0.05, 0.1) is 19.3 Å². The second kappa shape index (κ2) is 4.58. The van der Waals surface area contributed by atoms with Crippen LogP contribution in [-0.4, -0.2) is 17.8 Å². The van der Waals surface area contributed by atoms with Crippen LogP contribution in [0.5, 0.6) is 0 Å². The first-order chi connectivity index (χ1) is 6.86. The van der Waals surface area contributed by atoms with Gasteiger partial charge in [-0.3, -0.25) is 0 Å². The molecule has 0 radical (unpaired) electrons. The average molecular weight is 192 g/mol. The van der Waals surface area contributed by atoms with Crippen molar-refractivity contribution in [3.63, 3.8) is 0 Å². The average Bonchev–Trinajstić information content (AvgIpc) is 2.24. The minimum absolute atomic E-state index is 0.120. The van der Waals surface area contributed by atoms with Gasteiger partial charge >= 0.3 is 0 Å². The third kappa shape index (κ3) is 2.34. The molecule has 0 spiro atoms. The van der Waals surface area contributed by atoms with Crippen molar-refractivity contribution in [2.45, 2.75) is 25.6 Å². The van der Waals surface area contributed by atoms with E-state index in [1.54, 1.807) is 0 Å². The Morgan fingerprint density at radius 2 is 2.00 bits per heavy atom. The number of aliphatic hydroxyl groups is 1. The molecule has 1 aromatic carbocycles. The molecule has 0 saturated heterocycles. The van der Waals surface area contributed by atoms with Crippen molar-refractivity contribution in [1.29, 1.82) is 0 Å². The normalized spacial score (nSPS) is 25.8. The molecular formula is C12H16O2. The molecule has 0 heterocycles. The Morgan fingerprint density at radius 1 is 1.21 bits per heavy atom. The molecule has 0 bridgehead atoms. The summed E-state index contributed by atoms with van der Waals surface area (Å²) in [6.45, 7) is 1.35. The maximum Gasteiger partial charge on any atom is 0.0717 e. The van der Waals surface area contributed by atoms with Gasteiger partial charge in [-0.25, -0.2) is 0 Å². The quantitative estimate of drug-likeness (QED) is 0.790. The molecule has 2 rings (SSSR count). The van der Waals surface area contributed by atoms with Crippen molar-refractivity contribution >= 4 is 0 Å². The molecule has 0 amide bonds. The fourth-order valence-electron chi connectivity index (χ4n) is 1.65. The summed E-state index contributed by atoms with van der Waals surface area (Å²) in [5.41, 5.74) is 1.20. The second-order valence-corrected chi connectivity index (χ2v) is 3.91. The lowest BCUT2D eigenvalue weighted by Crippen LogP contribution is -2.34. The van der Waals surface area contributed by atoms with Crippen LogP contribution in [0.3, 0.4) is 0 Å². The van der Waals surface area contributed by atoms with Crippen LogP contribution in [0.2, 0.25) is 0 Å². The zero-order valence-corrected chi connectivity index (χ0v) is 8.23. The van der Waals surface area contributed by atoms with Crippen molar-refractivity contribution in [2.24, 2.45) is 5.92 Å². The first-order valence-corrected chi connectivity index (χ1v) is 5.16. The molecule has 1 aliphatic carbocycles. The van der Waals surface area contributed by atoms with Gasteiger partial charge < -0.3 is 9.84 Å². The van der Waals surface area contributed by atoms with E-state index in [0.29, 0.717) is 19.1 Å². The predicted octanol–water partition coefficient (Wildman–Crippen LogP) is 1.97. The smallest absolute Gasteiger partial charge is 0.0717 e. The maximum atomic E-state index is 9.32. The number of hydrogen-bond donors (Lipinski definition) is 1. The van der Waals surface area contributed by atoms with Crippen molar-refractivity contribution in [3.8, 4) is 0 Å². The van der Waals surface area contributed by atoms with Gasteiger partial charge in [-0.2, -0.15) is 0 Å². The fourth-order valence-corrected chi connectivity index (χ4v) is 1.65. The van der Waals surface area contributed by atoms with Crippen LogP contribution < -0.4 is 0 Å². The third-order valence-corrected chi connectivity index (χ3v) is 2.82. The molecule has 14 heavy (non-hydrogen) atoms. The number of hydrogen-bond acceptors (Lipinski definition) is 2. The van der Waals surface area contributed by atoms with E-state index in [4.69, 9.17) is 4.74 Å². The van der Waals surface area contributed by atoms with Gasteiger partial charge in [-0.05, 0) is 18.4 Å². The van der Waals surface area contributed by atoms with Crippen LogP contribution in [0, 0.1) is 5.92 Å². The van der Waals surface area contributed by atoms with Crippen molar-refractivity contribution in [1.82, 2.24) is 0 Å². The molecule has 2 heteroatoms. The van der Waals surface area contributed by atoms with E-state index in [-0.39, 0.29) is 6.10 Å². The monoisotopic (exact) mass is 192 g/mol. The van der Waals surface area contributed by atoms with Gasteiger partial charge in [-0.1, -0.05) is 30.3 Å². The van der Waals surface area contributed by atoms with Crippen LogP contribution in [0.15, 0.2) is 30.3 Å². The highest BCUT2D eigenvalue weighted by Crippen LogP contribution is 2.27. The highest BCUT2D eigenvalue weighted by Gasteiger charge is 2.28. The summed E-state index contributed by atoms with van der Waals surface area (Å²) in [6, 6.07) is 10.1. The van der Waals surface area contributed by atoms with E-state index in [0.717, 1.165) is 12.8 Å². The molecule has 1 fully saturated rings. The summed E-state index contributed by atoms with van der Waals surface area (Å²) in [6.07, 6.45) is 1.93. The number of aliphatic hydroxyl groups excluding tert-OH is 1. The van der Waals surface area contributed by atoms with Crippen LogP contribution in [-0.2, 0) is 11.3 Å². The number of ether oxygens (including phenoxy) is 1. The van der Waals surface area contributed by atoms with Gasteiger partial charge in [-0.15, -0.1) is 0 Å². The SMILES string of the molecule is OC1CCC1COCc1ccccc1. The van der Waals surface area contributed by atoms with Gasteiger partial charge in [0.15, 0.2) is 0 Å². The maximum absolute atomic E-state index is 9.32. The van der Waals surface area contributed by atoms with Crippen molar-refractivity contribution in [2.75, 3.05) is 6.61 Å². The van der Waals surface area contributed by atoms with E-state index in [1.165, 1.54) is 5.56 Å². The summed E-state index contributed by atoms with van der Waals surface area (Å²) in [7, 11) is 0. The topological polar surface area (TPSA) is 29.5 Å². The highest BCUT2D eigenvalue weighted by molar-refractivity contribution is 5.13. The molecule has 76 valence electrons. The standard InChI is InChI=1S/C12H16O2/c13-12-7-6-11(12)9-14-8-10-4-2-1-3-5-10/h1-5,11-13H,6-9H2. The molecular weight excluding hydrogens is 176 g/mol. The number of benzene rings is 1. The second-order valence-electron chi connectivity index (χ2n) is 3.91. The van der Waals surface area contributed by atoms with Crippen LogP contribution in [0.25, 0.3) is 0 Å². The highest BCUT2D eigenvalue weighted by atomic mass is 16.5. The summed E-state index contributed by atoms with van der Waals surface area (Å²) in [4.78, 5) is 0. The van der Waals surface area contributed by atoms with E-state index in [2.05, 4.69) is 12.1 Å². The van der Waals surface area contributed by atoms with Crippen LogP contribution in [0.4, 0.5) is 0 Å². The Balaban J connectivity index is 1.68. The van der Waals surface area contributed by atoms with E-state index >= 15 is 0 Å². The molecule has 1 aliphatic rings. The Bertz CT molecular complexity index is 271. The lowest BCUT2D eigenvalue weighted by molar-refractivity contribution is -0.0354. The van der Waals surface area contributed by atoms with E-state index in [9.17, 15) is 5.11 Å². The molecule has 0 aromatic heterocycles. The first-order valence-electron chi connectivity index (χ1n) is 5.16. The molecule has 1 saturated carbocycles. The fraction of sp³-hybridized carbons (Fsp3) is 0.500. The molecule has 2 unspecified atom stereocenters. The summed E-state index contributed by atoms with van der Waals surface area (Å²) >= 11 is 0. The van der Waals surface area contributed by atoms with Crippen LogP contribution >= 0.6 is 0 Å². The Labute approximate surface area is 84.5 Å². The van der Waals surface area contributed by atoms with Gasteiger partial charge in [0, 0.05) is 5.92 Å². The molecule has 1 aromatic rings. The zero-order valence-electron chi connectivity index (χ0n) is 8.23. The summed E-state index contributed by atoms with van der Waals surface area (Å²) in [5.74, 6) is 0.374. The summed E-state index contributed by atoms with van der Waals surface area (Å²) < 4.78 is 5.53. The molecule has 2 atom stereocenters. The van der Waals surface area contributed by atoms with E-state index < -0.39 is 0 Å². The Hall–Kier alpha value is -0.860. The van der Waals surface area contributed by atoms with Crippen molar-refractivity contribution < 1.29 is 9.84 Å². The minimum Gasteiger partial charge on any atom is -0.393 e. The largest absolute Gasteiger partial charge is 0.393 e. The summed E-state index contributed by atoms with van der Waals surface area (Å²) in [5, 5.41) is 9.32. The third-order valence-electron chi connectivity index (χ3n) is 2.82. The Morgan fingerprint density at radius 3 is 2.57 bits per heavy atom. The minimum atomic E-state index is -0.120. The van der Waals surface area contributed by atoms with Crippen LogP contribution in [0.1, 0.15) is 18.4 Å². The lowest BCUT2D eigenvalue weighted by atomic mass is 9.83. The van der Waals surface area contributed by atoms with Gasteiger partial charge in [0.1, 0.15) is 0 Å². The Kier molecular flexibility index (Phi) is 3.17. The van der Waals surface area contributed by atoms with Gasteiger partial charge in [0.25, 0.3) is 0 Å². The predicted molar refractivity (Wildman–Crippen MR) is 54.8 cm³/mol. The van der Waals surface area contributed by atoms with Gasteiger partial charge in [0.2, 0.25) is 0 Å². The molecule has 2 nitrogen and oxygen atoms in total. The van der Waals surface area contributed by atoms with E-state index in [1.807, 2.05) is 18.2 Å². The number of rotatable bonds is 4. The molecule has 0 aliphatic heterocycles. The molecule has 1 N–H and O–H groups in total. The van der Waals surface area contributed by atoms with Crippen molar-refractivity contribution in [3.05, 3.63) is 35.9 Å². The first kappa shape index (κ1) is 9.69.